The van der Waals surface area contributed by atoms with Crippen molar-refractivity contribution in [1.82, 2.24) is 9.88 Å². The molecule has 1 fully saturated rings. The number of carbonyl (C=O) groups excluding carboxylic acids is 1. The van der Waals surface area contributed by atoms with E-state index in [0.717, 1.165) is 10.9 Å². The highest BCUT2D eigenvalue weighted by molar-refractivity contribution is 6.06. The van der Waals surface area contributed by atoms with Gasteiger partial charge in [-0.2, -0.15) is 0 Å². The summed E-state index contributed by atoms with van der Waals surface area (Å²) in [4.78, 5) is 28.2. The Morgan fingerprint density at radius 2 is 2.15 bits per heavy atom. The minimum Gasteiger partial charge on any atom is -0.480 e. The van der Waals surface area contributed by atoms with Crippen LogP contribution in [0.2, 0.25) is 0 Å². The molecule has 4 N–H and O–H groups in total. The Bertz CT molecular complexity index is 694. The lowest BCUT2D eigenvalue weighted by atomic mass is 10.0. The van der Waals surface area contributed by atoms with E-state index in [4.69, 9.17) is 10.8 Å². The third kappa shape index (κ3) is 1.85. The quantitative estimate of drug-likeness (QED) is 0.753. The number of benzene rings is 1. The van der Waals surface area contributed by atoms with Crippen LogP contribution in [0.5, 0.6) is 0 Å². The molecule has 1 unspecified atom stereocenters. The van der Waals surface area contributed by atoms with E-state index in [9.17, 15) is 9.59 Å². The lowest BCUT2D eigenvalue weighted by molar-refractivity contribution is -0.142. The van der Waals surface area contributed by atoms with Crippen molar-refractivity contribution in [3.05, 3.63) is 36.0 Å². The molecule has 0 aliphatic carbocycles. The van der Waals surface area contributed by atoms with Gasteiger partial charge in [0.05, 0.1) is 11.1 Å². The van der Waals surface area contributed by atoms with Crippen LogP contribution in [0.25, 0.3) is 10.9 Å². The first-order chi connectivity index (χ1) is 9.51. The van der Waals surface area contributed by atoms with Gasteiger partial charge in [-0.3, -0.25) is 9.59 Å². The first-order valence-electron chi connectivity index (χ1n) is 6.39. The number of amides is 1. The number of aromatic nitrogens is 1. The average molecular weight is 273 g/mol. The van der Waals surface area contributed by atoms with Crippen LogP contribution in [-0.2, 0) is 4.79 Å². The van der Waals surface area contributed by atoms with Gasteiger partial charge in [0.25, 0.3) is 5.91 Å². The number of para-hydroxylation sites is 1. The van der Waals surface area contributed by atoms with Crippen LogP contribution in [0.15, 0.2) is 30.5 Å². The van der Waals surface area contributed by atoms with Crippen molar-refractivity contribution in [3.8, 4) is 0 Å². The number of aromatic amines is 1. The molecule has 1 aromatic carbocycles. The maximum atomic E-state index is 12.5. The fourth-order valence-corrected chi connectivity index (χ4v) is 2.61. The lowest BCUT2D eigenvalue weighted by Crippen LogP contribution is -2.50. The highest BCUT2D eigenvalue weighted by Crippen LogP contribution is 2.24. The smallest absolute Gasteiger partial charge is 0.325 e. The molecular formula is C14H15N3O3. The maximum absolute atomic E-state index is 12.5. The minimum atomic E-state index is -1.33. The van der Waals surface area contributed by atoms with Crippen molar-refractivity contribution < 1.29 is 14.7 Å². The molecule has 0 saturated carbocycles. The van der Waals surface area contributed by atoms with E-state index in [1.54, 1.807) is 12.3 Å². The Morgan fingerprint density at radius 1 is 1.35 bits per heavy atom. The first-order valence-corrected chi connectivity index (χ1v) is 6.39. The van der Waals surface area contributed by atoms with Crippen LogP contribution in [0.1, 0.15) is 16.8 Å². The monoisotopic (exact) mass is 273 g/mol. The van der Waals surface area contributed by atoms with Crippen LogP contribution >= 0.6 is 0 Å². The number of hydrogen-bond acceptors (Lipinski definition) is 3. The van der Waals surface area contributed by atoms with E-state index < -0.39 is 11.5 Å². The number of carboxylic acids is 1. The number of nitrogens with zero attached hydrogens (tertiary/aromatic N) is 1. The maximum Gasteiger partial charge on any atom is 0.325 e. The summed E-state index contributed by atoms with van der Waals surface area (Å²) in [6.45, 7) is 0.400. The van der Waals surface area contributed by atoms with Crippen LogP contribution in [0.4, 0.5) is 0 Å². The van der Waals surface area contributed by atoms with Crippen molar-refractivity contribution in [2.75, 3.05) is 13.1 Å². The first kappa shape index (κ1) is 12.7. The summed E-state index contributed by atoms with van der Waals surface area (Å²) in [5.74, 6) is -1.25. The number of fused-ring (bicyclic) bond motifs is 1. The van der Waals surface area contributed by atoms with Crippen molar-refractivity contribution in [3.63, 3.8) is 0 Å². The molecule has 1 amide bonds. The van der Waals surface area contributed by atoms with E-state index in [0.29, 0.717) is 12.1 Å². The molecular weight excluding hydrogens is 258 g/mol. The lowest BCUT2D eigenvalue weighted by Gasteiger charge is -2.20. The summed E-state index contributed by atoms with van der Waals surface area (Å²) in [6.07, 6.45) is 2.05. The van der Waals surface area contributed by atoms with Crippen molar-refractivity contribution in [1.29, 1.82) is 0 Å². The zero-order valence-corrected chi connectivity index (χ0v) is 10.8. The highest BCUT2D eigenvalue weighted by atomic mass is 16.4. The zero-order chi connectivity index (χ0) is 14.3. The Morgan fingerprint density at radius 3 is 2.85 bits per heavy atom. The number of nitrogens with one attached hydrogen (secondary N) is 1. The molecule has 1 aromatic heterocycles. The van der Waals surface area contributed by atoms with Gasteiger partial charge < -0.3 is 20.7 Å². The van der Waals surface area contributed by atoms with Gasteiger partial charge in [0.15, 0.2) is 0 Å². The summed E-state index contributed by atoms with van der Waals surface area (Å²) >= 11 is 0. The van der Waals surface area contributed by atoms with Gasteiger partial charge in [-0.05, 0) is 18.6 Å². The zero-order valence-electron chi connectivity index (χ0n) is 10.8. The molecule has 0 spiro atoms. The molecule has 1 aliphatic rings. The molecule has 20 heavy (non-hydrogen) atoms. The number of aliphatic carboxylic acids is 1. The number of carbonyl (C=O) groups is 2. The molecule has 6 heteroatoms. The molecule has 1 atom stereocenters. The summed E-state index contributed by atoms with van der Waals surface area (Å²) in [6, 6.07) is 7.35. The SMILES string of the molecule is NC1(C(=O)O)CCN(C(=O)c2cccc3cc[nH]c23)C1. The van der Waals surface area contributed by atoms with Gasteiger partial charge in [-0.1, -0.05) is 12.1 Å². The number of nitrogens with two attached hydrogens (primary N) is 1. The molecule has 0 bridgehead atoms. The standard InChI is InChI=1S/C14H15N3O3/c15-14(13(19)20)5-7-17(8-14)12(18)10-3-1-2-9-4-6-16-11(9)10/h1-4,6,16H,5,7-8,15H2,(H,19,20). The number of H-pyrrole nitrogens is 1. The molecule has 2 heterocycles. The van der Waals surface area contributed by atoms with Crippen LogP contribution in [0, 0.1) is 0 Å². The van der Waals surface area contributed by atoms with E-state index in [2.05, 4.69) is 4.98 Å². The molecule has 1 saturated heterocycles. The number of hydrogen-bond donors (Lipinski definition) is 3. The normalized spacial score (nSPS) is 22.4. The van der Waals surface area contributed by atoms with Crippen molar-refractivity contribution >= 4 is 22.8 Å². The average Bonchev–Trinajstić information content (AvgIpc) is 3.04. The van der Waals surface area contributed by atoms with Gasteiger partial charge in [0.2, 0.25) is 0 Å². The van der Waals surface area contributed by atoms with Crippen LogP contribution < -0.4 is 5.73 Å². The summed E-state index contributed by atoms with van der Waals surface area (Å²) in [5, 5.41) is 10.1. The Kier molecular flexibility index (Phi) is 2.76. The predicted molar refractivity (Wildman–Crippen MR) is 73.4 cm³/mol. The highest BCUT2D eigenvalue weighted by Gasteiger charge is 2.43. The topological polar surface area (TPSA) is 99.4 Å². The Hall–Kier alpha value is -2.34. The van der Waals surface area contributed by atoms with Crippen molar-refractivity contribution in [2.45, 2.75) is 12.0 Å². The largest absolute Gasteiger partial charge is 0.480 e. The molecule has 6 nitrogen and oxygen atoms in total. The van der Waals surface area contributed by atoms with Crippen molar-refractivity contribution in [2.24, 2.45) is 5.73 Å². The Balaban J connectivity index is 1.91. The van der Waals surface area contributed by atoms with Crippen LogP contribution in [0.3, 0.4) is 0 Å². The second-order valence-corrected chi connectivity index (χ2v) is 5.19. The summed E-state index contributed by atoms with van der Waals surface area (Å²) < 4.78 is 0. The Labute approximate surface area is 115 Å². The van der Waals surface area contributed by atoms with Crippen LogP contribution in [-0.4, -0.2) is 45.5 Å². The predicted octanol–water partition coefficient (Wildman–Crippen LogP) is 0.796. The fraction of sp³-hybridized carbons (Fsp3) is 0.286. The van der Waals surface area contributed by atoms with E-state index in [-0.39, 0.29) is 18.9 Å². The van der Waals surface area contributed by atoms with E-state index in [1.165, 1.54) is 4.90 Å². The second kappa shape index (κ2) is 4.35. The summed E-state index contributed by atoms with van der Waals surface area (Å²) in [7, 11) is 0. The number of carboxylic acid groups (broad SMARTS) is 1. The van der Waals surface area contributed by atoms with Gasteiger partial charge in [-0.25, -0.2) is 0 Å². The summed E-state index contributed by atoms with van der Waals surface area (Å²) in [5.41, 5.74) is 5.78. The number of rotatable bonds is 2. The minimum absolute atomic E-state index is 0.0399. The molecule has 1 aliphatic heterocycles. The third-order valence-corrected chi connectivity index (χ3v) is 3.83. The third-order valence-electron chi connectivity index (χ3n) is 3.83. The van der Waals surface area contributed by atoms with Gasteiger partial charge >= 0.3 is 5.97 Å². The number of likely N-dealkylation sites (tertiary alicyclic amines) is 1. The second-order valence-electron chi connectivity index (χ2n) is 5.19. The van der Waals surface area contributed by atoms with Gasteiger partial charge in [0.1, 0.15) is 5.54 Å². The molecule has 2 aromatic rings. The van der Waals surface area contributed by atoms with E-state index in [1.807, 2.05) is 18.2 Å². The van der Waals surface area contributed by atoms with Gasteiger partial charge in [-0.15, -0.1) is 0 Å². The van der Waals surface area contributed by atoms with Gasteiger partial charge in [0, 0.05) is 24.7 Å². The molecule has 104 valence electrons. The molecule has 0 radical (unpaired) electrons. The van der Waals surface area contributed by atoms with E-state index >= 15 is 0 Å². The fourth-order valence-electron chi connectivity index (χ4n) is 2.61. The molecule has 3 rings (SSSR count).